The lowest BCUT2D eigenvalue weighted by Gasteiger charge is -2.46. The van der Waals surface area contributed by atoms with Crippen LogP contribution in [0.25, 0.3) is 0 Å². The van der Waals surface area contributed by atoms with Crippen LogP contribution in [0.1, 0.15) is 30.5 Å². The number of rotatable bonds is 5. The molecule has 24 heavy (non-hydrogen) atoms. The molecule has 2 N–H and O–H groups in total. The van der Waals surface area contributed by atoms with Crippen LogP contribution in [0.15, 0.2) is 29.5 Å². The van der Waals surface area contributed by atoms with Crippen LogP contribution in [0.5, 0.6) is 0 Å². The molecule has 3 aliphatic carbocycles. The normalized spacial score (nSPS) is 27.7. The summed E-state index contributed by atoms with van der Waals surface area (Å²) in [6.45, 7) is 0.553. The molecule has 3 aliphatic rings. The maximum Gasteiger partial charge on any atom is 0.344 e. The number of aromatic amines is 1. The van der Waals surface area contributed by atoms with Gasteiger partial charge in [0.05, 0.1) is 5.92 Å². The van der Waals surface area contributed by atoms with E-state index in [1.165, 1.54) is 5.69 Å². The summed E-state index contributed by atoms with van der Waals surface area (Å²) in [6.07, 6.45) is 8.95. The van der Waals surface area contributed by atoms with Crippen molar-refractivity contribution in [2.75, 3.05) is 6.54 Å². The first kappa shape index (κ1) is 15.1. The van der Waals surface area contributed by atoms with E-state index in [0.29, 0.717) is 18.9 Å². The minimum absolute atomic E-state index is 0.0282. The molecule has 7 nitrogen and oxygen atoms in total. The van der Waals surface area contributed by atoms with E-state index in [-0.39, 0.29) is 22.9 Å². The highest BCUT2D eigenvalue weighted by Crippen LogP contribution is 2.63. The first-order chi connectivity index (χ1) is 11.6. The highest BCUT2D eigenvalue weighted by Gasteiger charge is 2.63. The number of fused-ring (bicyclic) bond motifs is 1. The molecular formula is C17H21N5O2. The lowest BCUT2D eigenvalue weighted by atomic mass is 9.58. The fraction of sp³-hybridized carbons (Fsp3) is 0.529. The Morgan fingerprint density at radius 3 is 3.08 bits per heavy atom. The Morgan fingerprint density at radius 1 is 1.54 bits per heavy atom. The minimum atomic E-state index is -0.355. The van der Waals surface area contributed by atoms with Gasteiger partial charge >= 0.3 is 5.69 Å². The summed E-state index contributed by atoms with van der Waals surface area (Å²) in [5.74, 6) is 0.693. The van der Waals surface area contributed by atoms with Gasteiger partial charge in [0, 0.05) is 43.3 Å². The molecule has 0 spiro atoms. The van der Waals surface area contributed by atoms with Crippen LogP contribution >= 0.6 is 0 Å². The number of H-pyrrole nitrogens is 1. The zero-order valence-corrected chi connectivity index (χ0v) is 13.7. The summed E-state index contributed by atoms with van der Waals surface area (Å²) in [7, 11) is 1.95. The maximum atomic E-state index is 12.7. The number of nitrogens with one attached hydrogen (secondary N) is 2. The molecule has 2 aromatic rings. The third kappa shape index (κ3) is 2.26. The Hall–Kier alpha value is -2.44. The third-order valence-electron chi connectivity index (χ3n) is 5.71. The monoisotopic (exact) mass is 327 g/mol. The fourth-order valence-corrected chi connectivity index (χ4v) is 4.64. The molecule has 1 amide bonds. The fourth-order valence-electron chi connectivity index (χ4n) is 4.64. The molecule has 126 valence electrons. The summed E-state index contributed by atoms with van der Waals surface area (Å²) in [5.41, 5.74) is 1.71. The van der Waals surface area contributed by atoms with Gasteiger partial charge in [-0.05, 0) is 43.2 Å². The molecule has 2 aromatic heterocycles. The van der Waals surface area contributed by atoms with Crippen LogP contribution in [-0.2, 0) is 23.7 Å². The smallest absolute Gasteiger partial charge is 0.344 e. The van der Waals surface area contributed by atoms with Crippen molar-refractivity contribution in [3.63, 3.8) is 0 Å². The van der Waals surface area contributed by atoms with Crippen LogP contribution < -0.4 is 11.0 Å². The lowest BCUT2D eigenvalue weighted by Crippen LogP contribution is -2.53. The molecule has 3 fully saturated rings. The topological polar surface area (TPSA) is 92.7 Å². The van der Waals surface area contributed by atoms with Gasteiger partial charge in [-0.15, -0.1) is 0 Å². The molecular weight excluding hydrogens is 306 g/mol. The molecule has 0 aliphatic heterocycles. The van der Waals surface area contributed by atoms with Crippen molar-refractivity contribution in [3.05, 3.63) is 46.4 Å². The second-order valence-electron chi connectivity index (χ2n) is 6.94. The zero-order valence-electron chi connectivity index (χ0n) is 13.7. The van der Waals surface area contributed by atoms with E-state index in [4.69, 9.17) is 0 Å². The highest BCUT2D eigenvalue weighted by atomic mass is 16.2. The van der Waals surface area contributed by atoms with Gasteiger partial charge in [-0.2, -0.15) is 5.10 Å². The van der Waals surface area contributed by atoms with Crippen molar-refractivity contribution < 1.29 is 4.79 Å². The summed E-state index contributed by atoms with van der Waals surface area (Å²) < 4.78 is 1.91. The Labute approximate surface area is 139 Å². The van der Waals surface area contributed by atoms with Crippen molar-refractivity contribution in [1.29, 1.82) is 0 Å². The van der Waals surface area contributed by atoms with E-state index < -0.39 is 0 Å². The van der Waals surface area contributed by atoms with Gasteiger partial charge in [-0.25, -0.2) is 9.78 Å². The van der Waals surface area contributed by atoms with Crippen molar-refractivity contribution >= 4 is 5.91 Å². The van der Waals surface area contributed by atoms with Crippen molar-refractivity contribution in [3.8, 4) is 0 Å². The van der Waals surface area contributed by atoms with Crippen LogP contribution in [0, 0.1) is 11.8 Å². The summed E-state index contributed by atoms with van der Waals surface area (Å²) in [6, 6.07) is 2.05. The largest absolute Gasteiger partial charge is 0.355 e. The predicted molar refractivity (Wildman–Crippen MR) is 87.3 cm³/mol. The van der Waals surface area contributed by atoms with Gasteiger partial charge in [-0.1, -0.05) is 0 Å². The second-order valence-corrected chi connectivity index (χ2v) is 6.94. The number of aromatic nitrogens is 4. The van der Waals surface area contributed by atoms with Gasteiger partial charge < -0.3 is 10.3 Å². The summed E-state index contributed by atoms with van der Waals surface area (Å²) in [4.78, 5) is 29.9. The van der Waals surface area contributed by atoms with E-state index in [2.05, 4.69) is 20.4 Å². The highest BCUT2D eigenvalue weighted by molar-refractivity contribution is 5.82. The molecule has 2 heterocycles. The first-order valence-corrected chi connectivity index (χ1v) is 8.40. The van der Waals surface area contributed by atoms with Gasteiger partial charge in [0.25, 0.3) is 0 Å². The maximum absolute atomic E-state index is 12.7. The third-order valence-corrected chi connectivity index (χ3v) is 5.71. The SMILES string of the molecule is Cn1nccc1C12CCC(C1)C2C(=O)NCCc1cnc(=O)[nH]c1. The molecule has 0 saturated heterocycles. The molecule has 5 rings (SSSR count). The van der Waals surface area contributed by atoms with Crippen LogP contribution in [0.4, 0.5) is 0 Å². The zero-order chi connectivity index (χ0) is 16.7. The van der Waals surface area contributed by atoms with Crippen molar-refractivity contribution in [2.45, 2.75) is 31.1 Å². The van der Waals surface area contributed by atoms with Gasteiger partial charge in [0.2, 0.25) is 5.91 Å². The quantitative estimate of drug-likeness (QED) is 0.838. The number of aryl methyl sites for hydroxylation is 1. The van der Waals surface area contributed by atoms with Crippen LogP contribution in [-0.4, -0.2) is 32.2 Å². The Bertz CT molecular complexity index is 802. The molecule has 7 heteroatoms. The number of carbonyl (C=O) groups excluding carboxylic acids is 1. The lowest BCUT2D eigenvalue weighted by molar-refractivity contribution is -0.133. The summed E-state index contributed by atoms with van der Waals surface area (Å²) in [5, 5.41) is 7.35. The Balaban J connectivity index is 1.41. The van der Waals surface area contributed by atoms with E-state index in [9.17, 15) is 9.59 Å². The van der Waals surface area contributed by atoms with E-state index in [1.54, 1.807) is 12.4 Å². The number of carbonyl (C=O) groups is 1. The van der Waals surface area contributed by atoms with E-state index in [1.807, 2.05) is 24.0 Å². The Kier molecular flexibility index (Phi) is 3.51. The van der Waals surface area contributed by atoms with E-state index in [0.717, 1.165) is 24.8 Å². The van der Waals surface area contributed by atoms with E-state index >= 15 is 0 Å². The number of amides is 1. The van der Waals surface area contributed by atoms with Crippen molar-refractivity contribution in [2.24, 2.45) is 18.9 Å². The average Bonchev–Trinajstić information content (AvgIpc) is 3.23. The van der Waals surface area contributed by atoms with Crippen LogP contribution in [0.3, 0.4) is 0 Å². The average molecular weight is 327 g/mol. The minimum Gasteiger partial charge on any atom is -0.355 e. The standard InChI is InChI=1S/C17H21N5O2/c1-22-13(4-7-21-22)17-5-2-12(8-17)14(17)15(23)18-6-3-11-9-19-16(24)20-10-11/h4,7,9-10,12,14H,2-3,5-6,8H2,1H3,(H,18,23)(H,19,20,24). The van der Waals surface area contributed by atoms with Crippen LogP contribution in [0.2, 0.25) is 0 Å². The van der Waals surface area contributed by atoms with Gasteiger partial charge in [0.1, 0.15) is 0 Å². The number of nitrogens with zero attached hydrogens (tertiary/aromatic N) is 3. The van der Waals surface area contributed by atoms with Gasteiger partial charge in [0.15, 0.2) is 0 Å². The van der Waals surface area contributed by atoms with Crippen molar-refractivity contribution in [1.82, 2.24) is 25.1 Å². The number of hydrogen-bond acceptors (Lipinski definition) is 4. The molecule has 2 bridgehead atoms. The predicted octanol–water partition coefficient (Wildman–Crippen LogP) is 0.530. The molecule has 3 atom stereocenters. The second kappa shape index (κ2) is 5.58. The summed E-state index contributed by atoms with van der Waals surface area (Å²) >= 11 is 0. The number of hydrogen-bond donors (Lipinski definition) is 2. The molecule has 3 unspecified atom stereocenters. The Morgan fingerprint density at radius 2 is 2.42 bits per heavy atom. The molecule has 0 radical (unpaired) electrons. The molecule has 3 saturated carbocycles. The first-order valence-electron chi connectivity index (χ1n) is 8.40. The van der Waals surface area contributed by atoms with Gasteiger partial charge in [-0.3, -0.25) is 9.48 Å². The molecule has 0 aromatic carbocycles.